The molecule has 1 aliphatic rings. The molecule has 1 fully saturated rings. The minimum atomic E-state index is 0.155. The quantitative estimate of drug-likeness (QED) is 0.636. The molecule has 1 amide bonds. The van der Waals surface area contributed by atoms with Gasteiger partial charge in [0.05, 0.1) is 13.0 Å². The predicted molar refractivity (Wildman–Crippen MR) is 62.2 cm³/mol. The maximum Gasteiger partial charge on any atom is 0.225 e. The number of hydrogen-bond acceptors (Lipinski definition) is 3. The first-order valence-corrected chi connectivity index (χ1v) is 6.27. The Labute approximate surface area is 97.6 Å². The van der Waals surface area contributed by atoms with Gasteiger partial charge >= 0.3 is 0 Å². The highest BCUT2D eigenvalue weighted by molar-refractivity contribution is 5.76. The minimum absolute atomic E-state index is 0.155. The zero-order valence-corrected chi connectivity index (χ0v) is 10.2. The Morgan fingerprint density at radius 1 is 1.50 bits per heavy atom. The van der Waals surface area contributed by atoms with Crippen LogP contribution in [0.5, 0.6) is 0 Å². The number of carbonyl (C=O) groups excluding carboxylic acids is 1. The van der Waals surface area contributed by atoms with Crippen molar-refractivity contribution in [3.63, 3.8) is 0 Å². The Hall–Kier alpha value is -0.610. The minimum Gasteiger partial charge on any atom is -0.396 e. The Morgan fingerprint density at radius 2 is 2.25 bits per heavy atom. The molecule has 4 nitrogen and oxygen atoms in total. The molecule has 0 aromatic carbocycles. The van der Waals surface area contributed by atoms with E-state index in [4.69, 9.17) is 9.84 Å². The van der Waals surface area contributed by atoms with Crippen LogP contribution in [-0.2, 0) is 9.53 Å². The van der Waals surface area contributed by atoms with Crippen molar-refractivity contribution in [3.8, 4) is 0 Å². The second-order valence-electron chi connectivity index (χ2n) is 4.20. The summed E-state index contributed by atoms with van der Waals surface area (Å²) < 4.78 is 5.19. The predicted octanol–water partition coefficient (Wildman–Crippen LogP) is 1.18. The number of ether oxygens (including phenoxy) is 1. The van der Waals surface area contributed by atoms with Gasteiger partial charge in [-0.05, 0) is 32.6 Å². The SMILES string of the molecule is CCOCCC(=O)N(CCCO)C1CCC1. The van der Waals surface area contributed by atoms with Crippen LogP contribution in [0.4, 0.5) is 0 Å². The summed E-state index contributed by atoms with van der Waals surface area (Å²) in [6, 6.07) is 0.417. The van der Waals surface area contributed by atoms with Crippen molar-refractivity contribution < 1.29 is 14.6 Å². The second-order valence-corrected chi connectivity index (χ2v) is 4.20. The third kappa shape index (κ3) is 4.10. The van der Waals surface area contributed by atoms with E-state index in [1.165, 1.54) is 6.42 Å². The monoisotopic (exact) mass is 229 g/mol. The molecule has 0 bridgehead atoms. The Morgan fingerprint density at radius 3 is 2.75 bits per heavy atom. The average molecular weight is 229 g/mol. The second kappa shape index (κ2) is 7.63. The standard InChI is InChI=1S/C12H23NO3/c1-2-16-10-7-12(15)13(8-4-9-14)11-5-3-6-11/h11,14H,2-10H2,1H3. The molecule has 1 rings (SSSR count). The highest BCUT2D eigenvalue weighted by Gasteiger charge is 2.27. The third-order valence-corrected chi connectivity index (χ3v) is 3.06. The van der Waals surface area contributed by atoms with E-state index in [2.05, 4.69) is 0 Å². The van der Waals surface area contributed by atoms with Gasteiger partial charge in [0, 0.05) is 25.8 Å². The van der Waals surface area contributed by atoms with Gasteiger partial charge in [0.2, 0.25) is 5.91 Å². The molecular weight excluding hydrogens is 206 g/mol. The maximum absolute atomic E-state index is 11.9. The molecule has 1 N–H and O–H groups in total. The molecule has 0 atom stereocenters. The third-order valence-electron chi connectivity index (χ3n) is 3.06. The van der Waals surface area contributed by atoms with Gasteiger partial charge in [-0.15, -0.1) is 0 Å². The fourth-order valence-electron chi connectivity index (χ4n) is 1.90. The number of amides is 1. The largest absolute Gasteiger partial charge is 0.396 e. The van der Waals surface area contributed by atoms with E-state index in [0.29, 0.717) is 38.6 Å². The van der Waals surface area contributed by atoms with Crippen LogP contribution in [0.1, 0.15) is 39.0 Å². The van der Waals surface area contributed by atoms with Crippen LogP contribution in [0.25, 0.3) is 0 Å². The van der Waals surface area contributed by atoms with Crippen molar-refractivity contribution >= 4 is 5.91 Å². The fraction of sp³-hybridized carbons (Fsp3) is 0.917. The summed E-state index contributed by atoms with van der Waals surface area (Å²) >= 11 is 0. The number of nitrogens with zero attached hydrogens (tertiary/aromatic N) is 1. The van der Waals surface area contributed by atoms with Crippen LogP contribution < -0.4 is 0 Å². The molecule has 16 heavy (non-hydrogen) atoms. The smallest absolute Gasteiger partial charge is 0.225 e. The summed E-state index contributed by atoms with van der Waals surface area (Å²) in [7, 11) is 0. The molecule has 0 spiro atoms. The van der Waals surface area contributed by atoms with Crippen LogP contribution in [-0.4, -0.2) is 48.3 Å². The number of rotatable bonds is 8. The van der Waals surface area contributed by atoms with Crippen LogP contribution >= 0.6 is 0 Å². The molecule has 0 radical (unpaired) electrons. The fourth-order valence-corrected chi connectivity index (χ4v) is 1.90. The molecule has 4 heteroatoms. The number of aliphatic hydroxyl groups is 1. The van der Waals surface area contributed by atoms with E-state index in [1.807, 2.05) is 11.8 Å². The van der Waals surface area contributed by atoms with Gasteiger partial charge in [-0.25, -0.2) is 0 Å². The summed E-state index contributed by atoms with van der Waals surface area (Å²) in [5.41, 5.74) is 0. The van der Waals surface area contributed by atoms with Crippen LogP contribution in [0.15, 0.2) is 0 Å². The number of carbonyl (C=O) groups is 1. The molecule has 1 saturated carbocycles. The summed E-state index contributed by atoms with van der Waals surface area (Å²) in [4.78, 5) is 13.9. The lowest BCUT2D eigenvalue weighted by molar-refractivity contribution is -0.136. The van der Waals surface area contributed by atoms with E-state index in [-0.39, 0.29) is 12.5 Å². The first-order chi connectivity index (χ1) is 7.79. The molecule has 0 aromatic heterocycles. The normalized spacial score (nSPS) is 15.9. The van der Waals surface area contributed by atoms with Crippen molar-refractivity contribution in [3.05, 3.63) is 0 Å². The number of aliphatic hydroxyl groups excluding tert-OH is 1. The van der Waals surface area contributed by atoms with Gasteiger partial charge < -0.3 is 14.7 Å². The van der Waals surface area contributed by atoms with Crippen LogP contribution in [0, 0.1) is 0 Å². The topological polar surface area (TPSA) is 49.8 Å². The summed E-state index contributed by atoms with van der Waals surface area (Å²) in [5, 5.41) is 8.82. The summed E-state index contributed by atoms with van der Waals surface area (Å²) in [6.45, 7) is 3.94. The van der Waals surface area contributed by atoms with E-state index < -0.39 is 0 Å². The molecule has 0 saturated heterocycles. The van der Waals surface area contributed by atoms with Gasteiger partial charge in [0.1, 0.15) is 0 Å². The molecular formula is C12H23NO3. The van der Waals surface area contributed by atoms with Gasteiger partial charge in [-0.2, -0.15) is 0 Å². The van der Waals surface area contributed by atoms with Crippen molar-refractivity contribution in [2.45, 2.75) is 45.1 Å². The van der Waals surface area contributed by atoms with E-state index in [0.717, 1.165) is 12.8 Å². The van der Waals surface area contributed by atoms with Crippen molar-refractivity contribution in [2.24, 2.45) is 0 Å². The maximum atomic E-state index is 11.9. The molecule has 0 heterocycles. The molecule has 0 aliphatic heterocycles. The number of hydrogen-bond donors (Lipinski definition) is 1. The van der Waals surface area contributed by atoms with Gasteiger partial charge in [0.15, 0.2) is 0 Å². The highest BCUT2D eigenvalue weighted by atomic mass is 16.5. The molecule has 0 aromatic rings. The Balaban J connectivity index is 2.31. The van der Waals surface area contributed by atoms with Gasteiger partial charge in [-0.1, -0.05) is 0 Å². The zero-order valence-electron chi connectivity index (χ0n) is 10.2. The van der Waals surface area contributed by atoms with E-state index in [9.17, 15) is 4.79 Å². The molecule has 0 unspecified atom stereocenters. The van der Waals surface area contributed by atoms with Crippen LogP contribution in [0.3, 0.4) is 0 Å². The zero-order chi connectivity index (χ0) is 11.8. The van der Waals surface area contributed by atoms with Crippen molar-refractivity contribution in [2.75, 3.05) is 26.4 Å². The van der Waals surface area contributed by atoms with Gasteiger partial charge in [-0.3, -0.25) is 4.79 Å². The Kier molecular flexibility index (Phi) is 6.42. The van der Waals surface area contributed by atoms with Crippen LogP contribution in [0.2, 0.25) is 0 Å². The lowest BCUT2D eigenvalue weighted by Gasteiger charge is -2.37. The lowest BCUT2D eigenvalue weighted by atomic mass is 9.91. The van der Waals surface area contributed by atoms with Crippen molar-refractivity contribution in [1.82, 2.24) is 4.90 Å². The molecule has 94 valence electrons. The van der Waals surface area contributed by atoms with E-state index in [1.54, 1.807) is 0 Å². The Bertz CT molecular complexity index is 204. The first-order valence-electron chi connectivity index (χ1n) is 6.27. The summed E-state index contributed by atoms with van der Waals surface area (Å²) in [5.74, 6) is 0.173. The highest BCUT2D eigenvalue weighted by Crippen LogP contribution is 2.25. The van der Waals surface area contributed by atoms with Gasteiger partial charge in [0.25, 0.3) is 0 Å². The van der Waals surface area contributed by atoms with Crippen molar-refractivity contribution in [1.29, 1.82) is 0 Å². The summed E-state index contributed by atoms with van der Waals surface area (Å²) in [6.07, 6.45) is 4.60. The van der Waals surface area contributed by atoms with E-state index >= 15 is 0 Å². The first kappa shape index (κ1) is 13.5. The molecule has 1 aliphatic carbocycles. The lowest BCUT2D eigenvalue weighted by Crippen LogP contribution is -2.45. The average Bonchev–Trinajstić information content (AvgIpc) is 2.21.